The van der Waals surface area contributed by atoms with Crippen molar-refractivity contribution in [3.8, 4) is 11.5 Å². The van der Waals surface area contributed by atoms with Gasteiger partial charge in [-0.3, -0.25) is 14.4 Å². The molecule has 0 spiro atoms. The van der Waals surface area contributed by atoms with Crippen molar-refractivity contribution in [2.24, 2.45) is 10.8 Å². The average molecular weight is 556 g/mol. The van der Waals surface area contributed by atoms with Crippen LogP contribution in [0.25, 0.3) is 0 Å². The van der Waals surface area contributed by atoms with Gasteiger partial charge < -0.3 is 24.6 Å². The van der Waals surface area contributed by atoms with Crippen molar-refractivity contribution >= 4 is 23.9 Å². The van der Waals surface area contributed by atoms with Gasteiger partial charge in [0, 0.05) is 6.54 Å². The number of hydrogen-bond donors (Lipinski definition) is 2. The number of aliphatic carboxylic acids is 1. The summed E-state index contributed by atoms with van der Waals surface area (Å²) in [6.45, 7) is 13.2. The molecule has 0 aliphatic heterocycles. The Bertz CT molecular complexity index is 1180. The molecule has 0 bridgehead atoms. The maximum absolute atomic E-state index is 12.6. The van der Waals surface area contributed by atoms with E-state index in [-0.39, 0.29) is 48.1 Å². The highest BCUT2D eigenvalue weighted by molar-refractivity contribution is 5.89. The summed E-state index contributed by atoms with van der Waals surface area (Å²) in [5.41, 5.74) is 0.327. The monoisotopic (exact) mass is 555 g/mol. The second-order valence-electron chi connectivity index (χ2n) is 12.3. The maximum Gasteiger partial charge on any atom is 0.338 e. The Kier molecular flexibility index (Phi) is 11.4. The van der Waals surface area contributed by atoms with Crippen LogP contribution in [-0.2, 0) is 25.5 Å². The number of rotatable bonds is 12. The molecule has 40 heavy (non-hydrogen) atoms. The molecule has 2 atom stereocenters. The van der Waals surface area contributed by atoms with E-state index in [2.05, 4.69) is 5.32 Å². The van der Waals surface area contributed by atoms with E-state index in [1.807, 2.05) is 41.5 Å². The van der Waals surface area contributed by atoms with E-state index in [4.69, 9.17) is 14.2 Å². The molecule has 0 saturated heterocycles. The minimum Gasteiger partial charge on any atom is -0.480 e. The predicted octanol–water partition coefficient (Wildman–Crippen LogP) is 5.20. The summed E-state index contributed by atoms with van der Waals surface area (Å²) in [5, 5.41) is 12.7. The van der Waals surface area contributed by atoms with Crippen molar-refractivity contribution in [1.82, 2.24) is 5.32 Å². The lowest BCUT2D eigenvalue weighted by Crippen LogP contribution is -2.42. The zero-order valence-electron chi connectivity index (χ0n) is 24.4. The molecule has 2 rings (SSSR count). The van der Waals surface area contributed by atoms with Crippen LogP contribution in [0.4, 0.5) is 0 Å². The van der Waals surface area contributed by atoms with E-state index in [0.717, 1.165) is 0 Å². The van der Waals surface area contributed by atoms with Crippen LogP contribution in [0.15, 0.2) is 48.5 Å². The summed E-state index contributed by atoms with van der Waals surface area (Å²) in [7, 11) is 0. The summed E-state index contributed by atoms with van der Waals surface area (Å²) in [6, 6.07) is 12.1. The molecule has 0 aliphatic carbocycles. The van der Waals surface area contributed by atoms with Gasteiger partial charge in [0.25, 0.3) is 0 Å². The van der Waals surface area contributed by atoms with Crippen LogP contribution in [0.3, 0.4) is 0 Å². The first-order valence-electron chi connectivity index (χ1n) is 13.3. The van der Waals surface area contributed by atoms with E-state index in [0.29, 0.717) is 11.1 Å². The van der Waals surface area contributed by atoms with Gasteiger partial charge in [0.05, 0.1) is 18.4 Å². The highest BCUT2D eigenvalue weighted by atomic mass is 16.6. The lowest BCUT2D eigenvalue weighted by Gasteiger charge is -2.21. The Morgan fingerprint density at radius 2 is 1.38 bits per heavy atom. The predicted molar refractivity (Wildman–Crippen MR) is 150 cm³/mol. The zero-order valence-corrected chi connectivity index (χ0v) is 24.4. The molecule has 0 aromatic heterocycles. The Morgan fingerprint density at radius 3 is 1.90 bits per heavy atom. The fraction of sp³-hybridized carbons (Fsp3) is 0.484. The van der Waals surface area contributed by atoms with Gasteiger partial charge in [-0.15, -0.1) is 0 Å². The Morgan fingerprint density at radius 1 is 0.825 bits per heavy atom. The summed E-state index contributed by atoms with van der Waals surface area (Å²) in [5.74, 6) is -2.45. The van der Waals surface area contributed by atoms with Gasteiger partial charge in [-0.2, -0.15) is 0 Å². The number of carboxylic acids is 1. The van der Waals surface area contributed by atoms with Gasteiger partial charge in [-0.05, 0) is 54.0 Å². The summed E-state index contributed by atoms with van der Waals surface area (Å²) >= 11 is 0. The molecule has 2 aromatic carbocycles. The molecule has 0 heterocycles. The SMILES string of the molecule is CC(CN[C@@H](Cc1ccc(OC(=O)CC(C)(C)C)c(OC(=O)CC(C)(C)C)c1)C(=O)O)OC(=O)c1ccccc1. The zero-order chi connectivity index (χ0) is 30.1. The number of carbonyl (C=O) groups excluding carboxylic acids is 3. The normalized spacial score (nSPS) is 13.2. The van der Waals surface area contributed by atoms with Crippen molar-refractivity contribution in [3.63, 3.8) is 0 Å². The molecule has 9 nitrogen and oxygen atoms in total. The molecule has 0 radical (unpaired) electrons. The number of esters is 3. The second kappa shape index (κ2) is 14.1. The van der Waals surface area contributed by atoms with Crippen LogP contribution >= 0.6 is 0 Å². The van der Waals surface area contributed by atoms with Crippen LogP contribution in [0, 0.1) is 10.8 Å². The number of hydrogen-bond acceptors (Lipinski definition) is 8. The van der Waals surface area contributed by atoms with Crippen LogP contribution in [-0.4, -0.2) is 47.7 Å². The second-order valence-corrected chi connectivity index (χ2v) is 12.3. The van der Waals surface area contributed by atoms with E-state index < -0.39 is 36.0 Å². The van der Waals surface area contributed by atoms with Crippen molar-refractivity contribution in [2.45, 2.75) is 79.9 Å². The molecule has 2 aromatic rings. The number of nitrogens with one attached hydrogen (secondary N) is 1. The molecule has 0 aliphatic rings. The van der Waals surface area contributed by atoms with Crippen molar-refractivity contribution in [2.75, 3.05) is 6.54 Å². The van der Waals surface area contributed by atoms with Crippen LogP contribution in [0.5, 0.6) is 11.5 Å². The number of benzene rings is 2. The minimum atomic E-state index is -1.10. The minimum absolute atomic E-state index is 0.0364. The standard InChI is InChI=1S/C31H41NO8/c1-20(38-29(37)22-11-9-8-10-12-22)19-32-23(28(35)36)15-21-13-14-24(39-26(33)17-30(2,3)4)25(16-21)40-27(34)18-31(5,6)7/h8-14,16,20,23,32H,15,17-19H2,1-7H3,(H,35,36)/t20?,23-/m0/s1. The van der Waals surface area contributed by atoms with Crippen molar-refractivity contribution < 1.29 is 38.5 Å². The topological polar surface area (TPSA) is 128 Å². The first-order chi connectivity index (χ1) is 18.5. The highest BCUT2D eigenvalue weighted by Gasteiger charge is 2.24. The lowest BCUT2D eigenvalue weighted by molar-refractivity contribution is -0.139. The Labute approximate surface area is 236 Å². The van der Waals surface area contributed by atoms with Crippen molar-refractivity contribution in [3.05, 3.63) is 59.7 Å². The summed E-state index contributed by atoms with van der Waals surface area (Å²) < 4.78 is 16.5. The quantitative estimate of drug-likeness (QED) is 0.268. The third-order valence-corrected chi connectivity index (χ3v) is 5.51. The van der Waals surface area contributed by atoms with Gasteiger partial charge in [-0.1, -0.05) is 65.8 Å². The van der Waals surface area contributed by atoms with Crippen LogP contribution in [0.1, 0.15) is 77.2 Å². The summed E-state index contributed by atoms with van der Waals surface area (Å²) in [6.07, 6.45) is -0.268. The van der Waals surface area contributed by atoms with Crippen LogP contribution < -0.4 is 14.8 Å². The number of carboxylic acid groups (broad SMARTS) is 1. The molecule has 9 heteroatoms. The maximum atomic E-state index is 12.6. The fourth-order valence-electron chi connectivity index (χ4n) is 3.68. The molecule has 0 saturated carbocycles. The molecule has 1 unspecified atom stereocenters. The first-order valence-corrected chi connectivity index (χ1v) is 13.3. The number of carbonyl (C=O) groups is 4. The molecule has 0 fully saturated rings. The van der Waals surface area contributed by atoms with Gasteiger partial charge in [0.2, 0.25) is 0 Å². The van der Waals surface area contributed by atoms with Gasteiger partial charge in [0.1, 0.15) is 12.1 Å². The van der Waals surface area contributed by atoms with E-state index in [1.165, 1.54) is 12.1 Å². The number of ether oxygens (including phenoxy) is 3. The summed E-state index contributed by atoms with van der Waals surface area (Å²) in [4.78, 5) is 49.3. The van der Waals surface area contributed by atoms with E-state index in [9.17, 15) is 24.3 Å². The smallest absolute Gasteiger partial charge is 0.338 e. The van der Waals surface area contributed by atoms with Crippen molar-refractivity contribution in [1.29, 1.82) is 0 Å². The molecule has 2 N–H and O–H groups in total. The van der Waals surface area contributed by atoms with Crippen LogP contribution in [0.2, 0.25) is 0 Å². The lowest BCUT2D eigenvalue weighted by atomic mass is 9.92. The molecular formula is C31H41NO8. The Hall–Kier alpha value is -3.72. The highest BCUT2D eigenvalue weighted by Crippen LogP contribution is 2.32. The average Bonchev–Trinajstić information content (AvgIpc) is 2.81. The van der Waals surface area contributed by atoms with E-state index in [1.54, 1.807) is 43.3 Å². The van der Waals surface area contributed by atoms with Gasteiger partial charge in [0.15, 0.2) is 11.5 Å². The van der Waals surface area contributed by atoms with Gasteiger partial charge in [-0.25, -0.2) is 4.79 Å². The third-order valence-electron chi connectivity index (χ3n) is 5.51. The Balaban J connectivity index is 2.15. The van der Waals surface area contributed by atoms with Gasteiger partial charge >= 0.3 is 23.9 Å². The molecule has 218 valence electrons. The first kappa shape index (κ1) is 32.5. The van der Waals surface area contributed by atoms with E-state index >= 15 is 0 Å². The molecule has 0 amide bonds. The molecular weight excluding hydrogens is 514 g/mol. The largest absolute Gasteiger partial charge is 0.480 e. The third kappa shape index (κ3) is 12.0. The fourth-order valence-corrected chi connectivity index (χ4v) is 3.68.